The summed E-state index contributed by atoms with van der Waals surface area (Å²) in [5, 5.41) is 12.7. The third kappa shape index (κ3) is 3.87. The van der Waals surface area contributed by atoms with Gasteiger partial charge in [-0.1, -0.05) is 23.7 Å². The Morgan fingerprint density at radius 2 is 1.93 bits per heavy atom. The molecule has 1 aliphatic heterocycles. The first-order chi connectivity index (χ1) is 13.5. The van der Waals surface area contributed by atoms with Gasteiger partial charge in [0.2, 0.25) is 0 Å². The molecule has 0 radical (unpaired) electrons. The number of hydrogen-bond donors (Lipinski definition) is 2. The first kappa shape index (κ1) is 18.5. The van der Waals surface area contributed by atoms with Gasteiger partial charge in [-0.2, -0.15) is 0 Å². The van der Waals surface area contributed by atoms with Crippen molar-refractivity contribution in [3.8, 4) is 5.75 Å². The molecule has 0 bridgehead atoms. The standard InChI is InChI=1S/C21H20ClFN4O/c1-13-8-15(14-2-5-17(28)6-3-14)11-27(13)21-10-20(24-12-25-21)26-16-4-7-19(23)18(22)9-16/h2-7,9-10,12-13,15,28H,8,11H2,1H3,(H,24,25,26). The van der Waals surface area contributed by atoms with Crippen LogP contribution in [-0.2, 0) is 0 Å². The highest BCUT2D eigenvalue weighted by molar-refractivity contribution is 6.31. The molecule has 1 saturated heterocycles. The van der Waals surface area contributed by atoms with E-state index in [0.717, 1.165) is 18.8 Å². The number of rotatable bonds is 4. The van der Waals surface area contributed by atoms with E-state index >= 15 is 0 Å². The van der Waals surface area contributed by atoms with Crippen LogP contribution in [-0.4, -0.2) is 27.7 Å². The fourth-order valence-corrected chi connectivity index (χ4v) is 3.81. The molecule has 2 aromatic carbocycles. The van der Waals surface area contributed by atoms with Crippen molar-refractivity contribution >= 4 is 28.9 Å². The number of nitrogens with zero attached hydrogens (tertiary/aromatic N) is 3. The van der Waals surface area contributed by atoms with Gasteiger partial charge in [0, 0.05) is 30.3 Å². The van der Waals surface area contributed by atoms with E-state index in [9.17, 15) is 9.50 Å². The van der Waals surface area contributed by atoms with Crippen molar-refractivity contribution in [3.05, 3.63) is 71.3 Å². The molecule has 7 heteroatoms. The first-order valence-corrected chi connectivity index (χ1v) is 9.47. The lowest BCUT2D eigenvalue weighted by atomic mass is 9.97. The third-order valence-electron chi connectivity index (χ3n) is 5.08. The minimum Gasteiger partial charge on any atom is -0.508 e. The molecule has 0 saturated carbocycles. The monoisotopic (exact) mass is 398 g/mol. The SMILES string of the molecule is CC1CC(c2ccc(O)cc2)CN1c1cc(Nc2ccc(F)c(Cl)c2)ncn1. The van der Waals surface area contributed by atoms with E-state index in [-0.39, 0.29) is 10.8 Å². The maximum absolute atomic E-state index is 13.3. The van der Waals surface area contributed by atoms with E-state index < -0.39 is 5.82 Å². The van der Waals surface area contributed by atoms with Gasteiger partial charge in [-0.25, -0.2) is 14.4 Å². The van der Waals surface area contributed by atoms with Gasteiger partial charge in [-0.15, -0.1) is 0 Å². The number of halogens is 2. The Labute approximate surface area is 167 Å². The second-order valence-electron chi connectivity index (χ2n) is 7.04. The Morgan fingerprint density at radius 1 is 1.14 bits per heavy atom. The lowest BCUT2D eigenvalue weighted by Crippen LogP contribution is -2.27. The van der Waals surface area contributed by atoms with Crippen molar-refractivity contribution in [2.24, 2.45) is 0 Å². The minimum atomic E-state index is -0.457. The molecular formula is C21H20ClFN4O. The van der Waals surface area contributed by atoms with Crippen LogP contribution in [0, 0.1) is 5.82 Å². The molecule has 3 aromatic rings. The van der Waals surface area contributed by atoms with Gasteiger partial charge in [0.05, 0.1) is 5.02 Å². The largest absolute Gasteiger partial charge is 0.508 e. The second kappa shape index (κ2) is 7.64. The third-order valence-corrected chi connectivity index (χ3v) is 5.37. The number of anilines is 3. The number of benzene rings is 2. The summed E-state index contributed by atoms with van der Waals surface area (Å²) >= 11 is 5.85. The summed E-state index contributed by atoms with van der Waals surface area (Å²) in [5.41, 5.74) is 1.87. The number of hydrogen-bond acceptors (Lipinski definition) is 5. The van der Waals surface area contributed by atoms with Gasteiger partial charge in [0.25, 0.3) is 0 Å². The minimum absolute atomic E-state index is 0.0594. The van der Waals surface area contributed by atoms with Crippen molar-refractivity contribution in [1.29, 1.82) is 0 Å². The maximum Gasteiger partial charge on any atom is 0.141 e. The Morgan fingerprint density at radius 3 is 2.68 bits per heavy atom. The first-order valence-electron chi connectivity index (χ1n) is 9.09. The zero-order chi connectivity index (χ0) is 19.7. The van der Waals surface area contributed by atoms with Crippen molar-refractivity contribution in [2.75, 3.05) is 16.8 Å². The van der Waals surface area contributed by atoms with Crippen molar-refractivity contribution in [2.45, 2.75) is 25.3 Å². The number of phenols is 1. The number of aromatic nitrogens is 2. The highest BCUT2D eigenvalue weighted by atomic mass is 35.5. The highest BCUT2D eigenvalue weighted by Crippen LogP contribution is 2.35. The van der Waals surface area contributed by atoms with Crippen LogP contribution in [0.5, 0.6) is 5.75 Å². The molecule has 0 spiro atoms. The van der Waals surface area contributed by atoms with Crippen LogP contribution in [0.3, 0.4) is 0 Å². The molecule has 1 aliphatic rings. The van der Waals surface area contributed by atoms with E-state index in [1.54, 1.807) is 18.2 Å². The summed E-state index contributed by atoms with van der Waals surface area (Å²) in [7, 11) is 0. The molecule has 1 aromatic heterocycles. The van der Waals surface area contributed by atoms with E-state index in [0.29, 0.717) is 23.5 Å². The molecule has 4 rings (SSSR count). The molecule has 28 heavy (non-hydrogen) atoms. The molecule has 0 aliphatic carbocycles. The van der Waals surface area contributed by atoms with Crippen LogP contribution in [0.4, 0.5) is 21.7 Å². The average Bonchev–Trinajstić information content (AvgIpc) is 3.07. The fraction of sp³-hybridized carbons (Fsp3) is 0.238. The normalized spacial score (nSPS) is 19.0. The molecule has 2 heterocycles. The highest BCUT2D eigenvalue weighted by Gasteiger charge is 2.31. The van der Waals surface area contributed by atoms with Crippen LogP contribution in [0.2, 0.25) is 5.02 Å². The van der Waals surface area contributed by atoms with Crippen LogP contribution < -0.4 is 10.2 Å². The lowest BCUT2D eigenvalue weighted by molar-refractivity contribution is 0.475. The molecule has 5 nitrogen and oxygen atoms in total. The van der Waals surface area contributed by atoms with Gasteiger partial charge in [-0.05, 0) is 49.2 Å². The lowest BCUT2D eigenvalue weighted by Gasteiger charge is -2.23. The van der Waals surface area contributed by atoms with E-state index in [1.807, 2.05) is 18.2 Å². The van der Waals surface area contributed by atoms with Gasteiger partial charge >= 0.3 is 0 Å². The summed E-state index contributed by atoms with van der Waals surface area (Å²) in [4.78, 5) is 10.9. The van der Waals surface area contributed by atoms with E-state index in [4.69, 9.17) is 11.6 Å². The zero-order valence-electron chi connectivity index (χ0n) is 15.3. The second-order valence-corrected chi connectivity index (χ2v) is 7.45. The van der Waals surface area contributed by atoms with Crippen LogP contribution in [0.1, 0.15) is 24.8 Å². The van der Waals surface area contributed by atoms with E-state index in [1.165, 1.54) is 24.0 Å². The number of nitrogens with one attached hydrogen (secondary N) is 1. The molecule has 144 valence electrons. The van der Waals surface area contributed by atoms with Crippen molar-refractivity contribution in [3.63, 3.8) is 0 Å². The fourth-order valence-electron chi connectivity index (χ4n) is 3.63. The summed E-state index contributed by atoms with van der Waals surface area (Å²) in [6.45, 7) is 3.01. The van der Waals surface area contributed by atoms with Crippen LogP contribution >= 0.6 is 11.6 Å². The molecule has 0 amide bonds. The van der Waals surface area contributed by atoms with Gasteiger partial charge in [0.1, 0.15) is 29.5 Å². The Kier molecular flexibility index (Phi) is 5.05. The summed E-state index contributed by atoms with van der Waals surface area (Å²) in [6, 6.07) is 14.1. The predicted molar refractivity (Wildman–Crippen MR) is 109 cm³/mol. The molecule has 2 N–H and O–H groups in total. The van der Waals surface area contributed by atoms with Crippen molar-refractivity contribution < 1.29 is 9.50 Å². The van der Waals surface area contributed by atoms with Crippen LogP contribution in [0.25, 0.3) is 0 Å². The summed E-state index contributed by atoms with van der Waals surface area (Å²) in [5.74, 6) is 1.64. The average molecular weight is 399 g/mol. The summed E-state index contributed by atoms with van der Waals surface area (Å²) < 4.78 is 13.3. The Hall–Kier alpha value is -2.86. The maximum atomic E-state index is 13.3. The molecule has 2 unspecified atom stereocenters. The molecule has 1 fully saturated rings. The Bertz CT molecular complexity index is 982. The molecule has 2 atom stereocenters. The summed E-state index contributed by atoms with van der Waals surface area (Å²) in [6.07, 6.45) is 2.52. The molecular weight excluding hydrogens is 379 g/mol. The van der Waals surface area contributed by atoms with Crippen LogP contribution in [0.15, 0.2) is 54.9 Å². The number of aromatic hydroxyl groups is 1. The van der Waals surface area contributed by atoms with Gasteiger partial charge in [0.15, 0.2) is 0 Å². The smallest absolute Gasteiger partial charge is 0.141 e. The number of phenolic OH excluding ortho intramolecular Hbond substituents is 1. The van der Waals surface area contributed by atoms with Gasteiger partial charge < -0.3 is 15.3 Å². The van der Waals surface area contributed by atoms with Crippen molar-refractivity contribution in [1.82, 2.24) is 9.97 Å². The van der Waals surface area contributed by atoms with Gasteiger partial charge in [-0.3, -0.25) is 0 Å². The quantitative estimate of drug-likeness (QED) is 0.640. The predicted octanol–water partition coefficient (Wildman–Crippen LogP) is 5.10. The zero-order valence-corrected chi connectivity index (χ0v) is 16.1. The topological polar surface area (TPSA) is 61.3 Å². The Balaban J connectivity index is 1.52. The van der Waals surface area contributed by atoms with E-state index in [2.05, 4.69) is 27.1 Å².